The van der Waals surface area contributed by atoms with Gasteiger partial charge in [0, 0.05) is 32.3 Å². The number of sulfonamides is 1. The first-order chi connectivity index (χ1) is 11.8. The number of carbonyl (C=O) groups is 1. The molecule has 134 valence electrons. The third-order valence-electron chi connectivity index (χ3n) is 4.45. The van der Waals surface area contributed by atoms with E-state index in [2.05, 4.69) is 5.10 Å². The van der Waals surface area contributed by atoms with Gasteiger partial charge in [0.25, 0.3) is 0 Å². The maximum atomic E-state index is 13.0. The third-order valence-corrected chi connectivity index (χ3v) is 6.88. The lowest BCUT2D eigenvalue weighted by Gasteiger charge is -2.24. The molecule has 1 aromatic carbocycles. The summed E-state index contributed by atoms with van der Waals surface area (Å²) in [6.45, 7) is 2.25. The number of halogens is 1. The number of nitrogens with zero attached hydrogens (tertiary/aromatic N) is 3. The average Bonchev–Trinajstić information content (AvgIpc) is 3.16. The summed E-state index contributed by atoms with van der Waals surface area (Å²) in [5.74, 6) is -0.102. The fraction of sp³-hybridized carbons (Fsp3) is 0.412. The van der Waals surface area contributed by atoms with Crippen LogP contribution < -0.4 is 0 Å². The fourth-order valence-corrected chi connectivity index (χ4v) is 5.44. The molecule has 1 atom stereocenters. The Morgan fingerprint density at radius 2 is 2.16 bits per heavy atom. The number of carbonyl (C=O) groups excluding carboxylic acids is 1. The van der Waals surface area contributed by atoms with Crippen LogP contribution in [0.1, 0.15) is 35.2 Å². The van der Waals surface area contributed by atoms with Gasteiger partial charge in [-0.15, -0.1) is 0 Å². The zero-order valence-electron chi connectivity index (χ0n) is 14.1. The molecule has 0 radical (unpaired) electrons. The Balaban J connectivity index is 1.84. The molecule has 1 aliphatic rings. The van der Waals surface area contributed by atoms with Gasteiger partial charge in [0.05, 0.1) is 16.8 Å². The van der Waals surface area contributed by atoms with Gasteiger partial charge in [-0.2, -0.15) is 9.40 Å². The minimum atomic E-state index is -3.73. The number of hydrogen-bond acceptors (Lipinski definition) is 4. The lowest BCUT2D eigenvalue weighted by Crippen LogP contribution is -2.37. The molecule has 2 aromatic rings. The summed E-state index contributed by atoms with van der Waals surface area (Å²) in [7, 11) is -1.99. The Morgan fingerprint density at radius 3 is 2.80 bits per heavy atom. The number of Topliss-reactive ketones (excluding diaryl/α,β-unsaturated/α-hetero) is 1. The van der Waals surface area contributed by atoms with Crippen LogP contribution in [0.4, 0.5) is 0 Å². The number of ketones is 1. The molecule has 1 aliphatic heterocycles. The smallest absolute Gasteiger partial charge is 0.244 e. The van der Waals surface area contributed by atoms with Crippen LogP contribution in [0.5, 0.6) is 0 Å². The Bertz CT molecular complexity index is 908. The highest BCUT2D eigenvalue weighted by Gasteiger charge is 2.37. The van der Waals surface area contributed by atoms with Crippen LogP contribution in [0.25, 0.3) is 0 Å². The Morgan fingerprint density at radius 1 is 1.40 bits per heavy atom. The molecule has 0 spiro atoms. The zero-order chi connectivity index (χ0) is 18.2. The first kappa shape index (κ1) is 18.1. The molecule has 0 bridgehead atoms. The normalized spacial score (nSPS) is 18.6. The van der Waals surface area contributed by atoms with Crippen molar-refractivity contribution in [2.45, 2.75) is 37.1 Å². The van der Waals surface area contributed by atoms with Crippen LogP contribution in [0.2, 0.25) is 5.02 Å². The Hall–Kier alpha value is -1.70. The van der Waals surface area contributed by atoms with Gasteiger partial charge in [0.1, 0.15) is 4.90 Å². The van der Waals surface area contributed by atoms with Gasteiger partial charge < -0.3 is 0 Å². The van der Waals surface area contributed by atoms with Crippen molar-refractivity contribution in [1.29, 1.82) is 0 Å². The molecule has 1 fully saturated rings. The summed E-state index contributed by atoms with van der Waals surface area (Å²) < 4.78 is 29.0. The quantitative estimate of drug-likeness (QED) is 0.746. The van der Waals surface area contributed by atoms with Crippen molar-refractivity contribution in [2.24, 2.45) is 7.05 Å². The fourth-order valence-electron chi connectivity index (χ4n) is 3.17. The Labute approximate surface area is 152 Å². The molecule has 1 saturated heterocycles. The SMILES string of the molecule is Cc1ccc(S(=O)(=O)N2CCC[C@@H]2CC(=O)c2cnn(C)c2)c(Cl)c1. The summed E-state index contributed by atoms with van der Waals surface area (Å²) in [6.07, 6.45) is 4.69. The molecule has 0 aliphatic carbocycles. The van der Waals surface area contributed by atoms with E-state index in [0.29, 0.717) is 18.5 Å². The summed E-state index contributed by atoms with van der Waals surface area (Å²) >= 11 is 6.16. The van der Waals surface area contributed by atoms with Crippen LogP contribution in [0, 0.1) is 6.92 Å². The topological polar surface area (TPSA) is 72.3 Å². The van der Waals surface area contributed by atoms with Crippen molar-refractivity contribution >= 4 is 27.4 Å². The molecular weight excluding hydrogens is 362 g/mol. The number of benzene rings is 1. The van der Waals surface area contributed by atoms with E-state index in [9.17, 15) is 13.2 Å². The van der Waals surface area contributed by atoms with E-state index >= 15 is 0 Å². The standard InChI is InChI=1S/C17H20ClN3O3S/c1-12-5-6-17(15(18)8-12)25(23,24)21-7-3-4-14(21)9-16(22)13-10-19-20(2)11-13/h5-6,8,10-11,14H,3-4,7,9H2,1-2H3/t14-/m1/s1. The minimum absolute atomic E-state index is 0.0977. The maximum Gasteiger partial charge on any atom is 0.244 e. The molecule has 1 aromatic heterocycles. The maximum absolute atomic E-state index is 13.0. The average molecular weight is 382 g/mol. The molecule has 6 nitrogen and oxygen atoms in total. The van der Waals surface area contributed by atoms with Gasteiger partial charge in [0.15, 0.2) is 5.78 Å². The minimum Gasteiger partial charge on any atom is -0.294 e. The zero-order valence-corrected chi connectivity index (χ0v) is 15.7. The third kappa shape index (κ3) is 3.63. The van der Waals surface area contributed by atoms with E-state index in [1.54, 1.807) is 30.1 Å². The number of rotatable bonds is 5. The van der Waals surface area contributed by atoms with Gasteiger partial charge in [0.2, 0.25) is 10.0 Å². The van der Waals surface area contributed by atoms with E-state index in [-0.39, 0.29) is 28.2 Å². The van der Waals surface area contributed by atoms with Crippen molar-refractivity contribution in [2.75, 3.05) is 6.54 Å². The van der Waals surface area contributed by atoms with E-state index < -0.39 is 10.0 Å². The molecule has 3 rings (SSSR count). The van der Waals surface area contributed by atoms with Gasteiger partial charge in [-0.05, 0) is 37.5 Å². The molecule has 25 heavy (non-hydrogen) atoms. The van der Waals surface area contributed by atoms with Crippen molar-refractivity contribution < 1.29 is 13.2 Å². The van der Waals surface area contributed by atoms with Crippen molar-refractivity contribution in [3.8, 4) is 0 Å². The molecule has 2 heterocycles. The molecule has 0 amide bonds. The molecule has 8 heteroatoms. The largest absolute Gasteiger partial charge is 0.294 e. The lowest BCUT2D eigenvalue weighted by molar-refractivity contribution is 0.0961. The second-order valence-corrected chi connectivity index (χ2v) is 8.64. The highest BCUT2D eigenvalue weighted by atomic mass is 35.5. The number of aromatic nitrogens is 2. The molecule has 0 saturated carbocycles. The van der Waals surface area contributed by atoms with E-state index in [1.807, 2.05) is 6.92 Å². The molecule has 0 unspecified atom stereocenters. The van der Waals surface area contributed by atoms with Crippen LogP contribution in [-0.4, -0.2) is 40.9 Å². The highest BCUT2D eigenvalue weighted by molar-refractivity contribution is 7.89. The monoisotopic (exact) mass is 381 g/mol. The summed E-state index contributed by atoms with van der Waals surface area (Å²) in [6, 6.07) is 4.55. The number of aryl methyl sites for hydroxylation is 2. The van der Waals surface area contributed by atoms with Gasteiger partial charge >= 0.3 is 0 Å². The molecular formula is C17H20ClN3O3S. The van der Waals surface area contributed by atoms with E-state index in [0.717, 1.165) is 12.0 Å². The lowest BCUT2D eigenvalue weighted by atomic mass is 10.1. The van der Waals surface area contributed by atoms with Crippen LogP contribution in [-0.2, 0) is 17.1 Å². The first-order valence-electron chi connectivity index (χ1n) is 8.09. The first-order valence-corrected chi connectivity index (χ1v) is 9.90. The highest BCUT2D eigenvalue weighted by Crippen LogP contribution is 2.32. The van der Waals surface area contributed by atoms with Gasteiger partial charge in [-0.1, -0.05) is 17.7 Å². The van der Waals surface area contributed by atoms with E-state index in [4.69, 9.17) is 11.6 Å². The summed E-state index contributed by atoms with van der Waals surface area (Å²) in [5, 5.41) is 4.21. The van der Waals surface area contributed by atoms with Crippen LogP contribution in [0.15, 0.2) is 35.5 Å². The summed E-state index contributed by atoms with van der Waals surface area (Å²) in [5.41, 5.74) is 1.40. The predicted molar refractivity (Wildman–Crippen MR) is 95.3 cm³/mol. The van der Waals surface area contributed by atoms with Gasteiger partial charge in [-0.3, -0.25) is 9.48 Å². The predicted octanol–water partition coefficient (Wildman–Crippen LogP) is 2.81. The van der Waals surface area contributed by atoms with Gasteiger partial charge in [-0.25, -0.2) is 8.42 Å². The van der Waals surface area contributed by atoms with Crippen LogP contribution in [0.3, 0.4) is 0 Å². The van der Waals surface area contributed by atoms with Crippen LogP contribution >= 0.6 is 11.6 Å². The van der Waals surface area contributed by atoms with E-state index in [1.165, 1.54) is 16.6 Å². The van der Waals surface area contributed by atoms with Crippen molar-refractivity contribution in [3.05, 3.63) is 46.7 Å². The van der Waals surface area contributed by atoms with Crippen molar-refractivity contribution in [3.63, 3.8) is 0 Å². The second-order valence-electron chi connectivity index (χ2n) is 6.38. The summed E-state index contributed by atoms with van der Waals surface area (Å²) in [4.78, 5) is 12.5. The molecule has 0 N–H and O–H groups in total. The van der Waals surface area contributed by atoms with Crippen molar-refractivity contribution in [1.82, 2.24) is 14.1 Å². The second kappa shape index (κ2) is 6.90. The number of hydrogen-bond donors (Lipinski definition) is 0. The Kier molecular flexibility index (Phi) is 4.99.